The van der Waals surface area contributed by atoms with Crippen LogP contribution in [0.3, 0.4) is 0 Å². The molecule has 3 heterocycles. The third-order valence-electron chi connectivity index (χ3n) is 4.30. The van der Waals surface area contributed by atoms with Crippen LogP contribution in [0.1, 0.15) is 11.3 Å². The number of benzene rings is 1. The molecular weight excluding hydrogens is 495 g/mol. The van der Waals surface area contributed by atoms with E-state index in [1.165, 1.54) is 0 Å². The molecule has 154 valence electrons. The number of morpholine rings is 1. The summed E-state index contributed by atoms with van der Waals surface area (Å²) in [4.78, 5) is 19.9. The van der Waals surface area contributed by atoms with Gasteiger partial charge in [-0.15, -0.1) is 0 Å². The van der Waals surface area contributed by atoms with Gasteiger partial charge in [-0.25, -0.2) is 5.43 Å². The van der Waals surface area contributed by atoms with Gasteiger partial charge in [-0.2, -0.15) is 20.1 Å². The van der Waals surface area contributed by atoms with Crippen molar-refractivity contribution in [1.29, 1.82) is 0 Å². The summed E-state index contributed by atoms with van der Waals surface area (Å²) in [5.41, 5.74) is 4.81. The Morgan fingerprint density at radius 3 is 2.73 bits per heavy atom. The van der Waals surface area contributed by atoms with Gasteiger partial charge in [0.15, 0.2) is 0 Å². The van der Waals surface area contributed by atoms with Crippen LogP contribution in [-0.4, -0.2) is 52.5 Å². The van der Waals surface area contributed by atoms with E-state index in [2.05, 4.69) is 63.3 Å². The maximum Gasteiger partial charge on any atom is 0.250 e. The largest absolute Gasteiger partial charge is 0.378 e. The highest BCUT2D eigenvalue weighted by molar-refractivity contribution is 14.1. The lowest BCUT2D eigenvalue weighted by molar-refractivity contribution is 0.122. The fraction of sp³-hybridized carbons (Fsp3) is 0.250. The molecule has 1 aliphatic rings. The summed E-state index contributed by atoms with van der Waals surface area (Å²) in [6.45, 7) is 3.27. The number of nitrogens with zero attached hydrogens (tertiary/aromatic N) is 6. The molecule has 1 aliphatic heterocycles. The van der Waals surface area contributed by atoms with Crippen molar-refractivity contribution >= 4 is 46.7 Å². The normalized spacial score (nSPS) is 14.1. The second-order valence-electron chi connectivity index (χ2n) is 6.48. The van der Waals surface area contributed by atoms with E-state index in [9.17, 15) is 0 Å². The Hall–Kier alpha value is -2.86. The van der Waals surface area contributed by atoms with Gasteiger partial charge in [-0.1, -0.05) is 18.2 Å². The van der Waals surface area contributed by atoms with Crippen LogP contribution >= 0.6 is 22.6 Å². The summed E-state index contributed by atoms with van der Waals surface area (Å²) < 4.78 is 6.58. The Bertz CT molecular complexity index is 995. The summed E-state index contributed by atoms with van der Waals surface area (Å²) in [5.74, 6) is 1.42. The fourth-order valence-electron chi connectivity index (χ4n) is 2.82. The Morgan fingerprint density at radius 2 is 1.93 bits per heavy atom. The van der Waals surface area contributed by atoms with Gasteiger partial charge >= 0.3 is 0 Å². The van der Waals surface area contributed by atoms with E-state index in [4.69, 9.17) is 4.74 Å². The Labute approximate surface area is 188 Å². The monoisotopic (exact) mass is 516 g/mol. The Kier molecular flexibility index (Phi) is 6.98. The van der Waals surface area contributed by atoms with Crippen LogP contribution < -0.4 is 15.6 Å². The lowest BCUT2D eigenvalue weighted by Gasteiger charge is -2.27. The second-order valence-corrected chi connectivity index (χ2v) is 7.73. The van der Waals surface area contributed by atoms with Gasteiger partial charge in [0.2, 0.25) is 17.8 Å². The minimum absolute atomic E-state index is 0.372. The van der Waals surface area contributed by atoms with Crippen LogP contribution in [0.25, 0.3) is 0 Å². The average Bonchev–Trinajstić information content (AvgIpc) is 2.79. The van der Waals surface area contributed by atoms with Crippen molar-refractivity contribution < 1.29 is 4.74 Å². The van der Waals surface area contributed by atoms with Gasteiger partial charge < -0.3 is 15.0 Å². The highest BCUT2D eigenvalue weighted by Gasteiger charge is 2.16. The summed E-state index contributed by atoms with van der Waals surface area (Å²) in [6.07, 6.45) is 3.50. The fourth-order valence-corrected chi connectivity index (χ4v) is 3.39. The van der Waals surface area contributed by atoms with Crippen molar-refractivity contribution in [2.24, 2.45) is 5.10 Å². The molecule has 2 aromatic heterocycles. The van der Waals surface area contributed by atoms with Crippen molar-refractivity contribution in [1.82, 2.24) is 19.9 Å². The number of hydrazone groups is 1. The van der Waals surface area contributed by atoms with Gasteiger partial charge in [-0.05, 0) is 52.4 Å². The number of pyridine rings is 1. The van der Waals surface area contributed by atoms with Gasteiger partial charge in [-0.3, -0.25) is 4.98 Å². The number of aromatic nitrogens is 4. The van der Waals surface area contributed by atoms with Gasteiger partial charge in [0.25, 0.3) is 0 Å². The van der Waals surface area contributed by atoms with E-state index < -0.39 is 0 Å². The zero-order valence-corrected chi connectivity index (χ0v) is 18.4. The van der Waals surface area contributed by atoms with E-state index in [0.29, 0.717) is 37.6 Å². The summed E-state index contributed by atoms with van der Waals surface area (Å²) >= 11 is 2.27. The lowest BCUT2D eigenvalue weighted by atomic mass is 10.2. The topological polar surface area (TPSA) is 100 Å². The van der Waals surface area contributed by atoms with Crippen LogP contribution in [-0.2, 0) is 11.3 Å². The first kappa shape index (κ1) is 20.4. The molecule has 0 saturated carbocycles. The quantitative estimate of drug-likeness (QED) is 0.281. The Balaban J connectivity index is 1.51. The molecule has 0 atom stereocenters. The average molecular weight is 516 g/mol. The van der Waals surface area contributed by atoms with Crippen LogP contribution in [0, 0.1) is 3.57 Å². The maximum absolute atomic E-state index is 5.43. The highest BCUT2D eigenvalue weighted by Crippen LogP contribution is 2.16. The summed E-state index contributed by atoms with van der Waals surface area (Å²) in [5, 5.41) is 7.51. The third kappa shape index (κ3) is 5.83. The van der Waals surface area contributed by atoms with Crippen molar-refractivity contribution in [2.75, 3.05) is 41.9 Å². The molecule has 1 saturated heterocycles. The van der Waals surface area contributed by atoms with Crippen molar-refractivity contribution in [3.8, 4) is 0 Å². The number of ether oxygens (including phenoxy) is 1. The van der Waals surface area contributed by atoms with Gasteiger partial charge in [0.05, 0.1) is 31.7 Å². The molecule has 30 heavy (non-hydrogen) atoms. The maximum atomic E-state index is 5.43. The molecule has 3 aromatic rings. The summed E-state index contributed by atoms with van der Waals surface area (Å²) in [7, 11) is 0. The molecule has 0 bridgehead atoms. The molecule has 0 amide bonds. The first-order chi connectivity index (χ1) is 14.8. The van der Waals surface area contributed by atoms with Crippen LogP contribution in [0.15, 0.2) is 53.8 Å². The van der Waals surface area contributed by atoms with Crippen LogP contribution in [0.4, 0.5) is 17.8 Å². The van der Waals surface area contributed by atoms with Crippen molar-refractivity contribution in [3.05, 3.63) is 63.5 Å². The van der Waals surface area contributed by atoms with Gasteiger partial charge in [0, 0.05) is 22.9 Å². The van der Waals surface area contributed by atoms with E-state index in [-0.39, 0.29) is 0 Å². The van der Waals surface area contributed by atoms with Crippen molar-refractivity contribution in [3.63, 3.8) is 0 Å². The number of hydrogen-bond acceptors (Lipinski definition) is 9. The van der Waals surface area contributed by atoms with E-state index in [1.54, 1.807) is 12.4 Å². The van der Waals surface area contributed by atoms with E-state index >= 15 is 0 Å². The summed E-state index contributed by atoms with van der Waals surface area (Å²) in [6, 6.07) is 13.8. The lowest BCUT2D eigenvalue weighted by Crippen LogP contribution is -2.37. The Morgan fingerprint density at radius 1 is 1.07 bits per heavy atom. The number of halogens is 1. The second kappa shape index (κ2) is 10.3. The molecule has 0 aliphatic carbocycles. The zero-order valence-electron chi connectivity index (χ0n) is 16.2. The predicted octanol–water partition coefficient (Wildman–Crippen LogP) is 2.77. The van der Waals surface area contributed by atoms with E-state index in [0.717, 1.165) is 27.9 Å². The molecule has 0 unspecified atom stereocenters. The minimum atomic E-state index is 0.372. The molecule has 4 rings (SSSR count). The SMILES string of the molecule is Ic1cccc(/C=N/Nc2nc(NCc3ccccn3)nc(N3CCOCC3)n2)c1. The number of anilines is 3. The predicted molar refractivity (Wildman–Crippen MR) is 125 cm³/mol. The first-order valence-corrected chi connectivity index (χ1v) is 10.6. The minimum Gasteiger partial charge on any atom is -0.378 e. The number of nitrogens with one attached hydrogen (secondary N) is 2. The number of rotatable bonds is 7. The van der Waals surface area contributed by atoms with Crippen molar-refractivity contribution in [2.45, 2.75) is 6.54 Å². The molecule has 1 aromatic carbocycles. The third-order valence-corrected chi connectivity index (χ3v) is 4.97. The first-order valence-electron chi connectivity index (χ1n) is 9.53. The van der Waals surface area contributed by atoms with E-state index in [1.807, 2.05) is 42.5 Å². The van der Waals surface area contributed by atoms with Crippen LogP contribution in [0.5, 0.6) is 0 Å². The molecule has 0 spiro atoms. The number of hydrogen-bond donors (Lipinski definition) is 2. The highest BCUT2D eigenvalue weighted by atomic mass is 127. The van der Waals surface area contributed by atoms with Crippen LogP contribution in [0.2, 0.25) is 0 Å². The molecule has 9 nitrogen and oxygen atoms in total. The van der Waals surface area contributed by atoms with Gasteiger partial charge in [0.1, 0.15) is 0 Å². The smallest absolute Gasteiger partial charge is 0.250 e. The standard InChI is InChI=1S/C20H21IN8O/c21-16-5-3-4-15(12-16)13-24-28-19-25-18(23-14-17-6-1-2-7-22-17)26-20(27-19)29-8-10-30-11-9-29/h1-7,12-13H,8-11,14H2,(H2,23,25,26,27,28)/b24-13+. The molecule has 10 heteroatoms. The molecule has 0 radical (unpaired) electrons. The molecule has 2 N–H and O–H groups in total. The molecular formula is C20H21IN8O. The molecule has 1 fully saturated rings. The zero-order chi connectivity index (χ0) is 20.6.